The molecule has 1 fully saturated rings. The van der Waals surface area contributed by atoms with Gasteiger partial charge in [-0.2, -0.15) is 0 Å². The maximum atomic E-state index is 12.1. The van der Waals surface area contributed by atoms with E-state index in [4.69, 9.17) is 9.47 Å². The lowest BCUT2D eigenvalue weighted by Gasteiger charge is -2.25. The van der Waals surface area contributed by atoms with Crippen LogP contribution in [0.1, 0.15) is 45.4 Å². The molecule has 0 saturated carbocycles. The zero-order valence-electron chi connectivity index (χ0n) is 13.4. The van der Waals surface area contributed by atoms with Crippen molar-refractivity contribution in [2.75, 3.05) is 0 Å². The van der Waals surface area contributed by atoms with Crippen LogP contribution in [-0.4, -0.2) is 39.1 Å². The molecule has 7 nitrogen and oxygen atoms in total. The molecule has 1 aliphatic heterocycles. The van der Waals surface area contributed by atoms with Crippen LogP contribution in [0.5, 0.6) is 0 Å². The number of nitrogens with one attached hydrogen (secondary N) is 1. The molecule has 0 aromatic carbocycles. The first-order valence-electron chi connectivity index (χ1n) is 7.70. The monoisotopic (exact) mass is 312 g/mol. The molecule has 2 N–H and O–H groups in total. The van der Waals surface area contributed by atoms with Crippen LogP contribution in [0.4, 0.5) is 0 Å². The number of aryl methyl sites for hydroxylation is 1. The minimum atomic E-state index is -0.817. The second-order valence-electron chi connectivity index (χ2n) is 5.76. The van der Waals surface area contributed by atoms with E-state index in [1.54, 1.807) is 6.92 Å². The van der Waals surface area contributed by atoms with E-state index < -0.39 is 35.8 Å². The lowest BCUT2D eigenvalue weighted by atomic mass is 10.1. The van der Waals surface area contributed by atoms with E-state index in [1.807, 2.05) is 20.8 Å². The van der Waals surface area contributed by atoms with E-state index in [0.29, 0.717) is 12.0 Å². The SMILES string of the molecule is CC[C@H](C)O[C@H]1C(O)[C@@H](CC)O[C@H]1n1cc(C)c(=O)[nH]c1=O. The van der Waals surface area contributed by atoms with Crippen molar-refractivity contribution in [3.05, 3.63) is 32.6 Å². The minimum Gasteiger partial charge on any atom is -0.388 e. The number of aliphatic hydroxyl groups is 1. The molecule has 7 heteroatoms. The van der Waals surface area contributed by atoms with Gasteiger partial charge >= 0.3 is 5.69 Å². The summed E-state index contributed by atoms with van der Waals surface area (Å²) in [5.41, 5.74) is -0.589. The average Bonchev–Trinajstić information content (AvgIpc) is 2.79. The third-order valence-corrected chi connectivity index (χ3v) is 4.10. The Morgan fingerprint density at radius 3 is 2.73 bits per heavy atom. The van der Waals surface area contributed by atoms with Crippen LogP contribution >= 0.6 is 0 Å². The van der Waals surface area contributed by atoms with E-state index in [-0.39, 0.29) is 6.10 Å². The normalized spacial score (nSPS) is 29.7. The van der Waals surface area contributed by atoms with Crippen LogP contribution in [0, 0.1) is 6.92 Å². The lowest BCUT2D eigenvalue weighted by Crippen LogP contribution is -2.41. The highest BCUT2D eigenvalue weighted by molar-refractivity contribution is 5.03. The van der Waals surface area contributed by atoms with Crippen molar-refractivity contribution in [2.45, 2.75) is 71.2 Å². The first-order valence-corrected chi connectivity index (χ1v) is 7.70. The van der Waals surface area contributed by atoms with Crippen molar-refractivity contribution in [1.82, 2.24) is 9.55 Å². The number of aliphatic hydroxyl groups excluding tert-OH is 1. The lowest BCUT2D eigenvalue weighted by molar-refractivity contribution is -0.0972. The van der Waals surface area contributed by atoms with E-state index >= 15 is 0 Å². The largest absolute Gasteiger partial charge is 0.388 e. The zero-order chi connectivity index (χ0) is 16.4. The first kappa shape index (κ1) is 16.9. The van der Waals surface area contributed by atoms with E-state index in [9.17, 15) is 14.7 Å². The third kappa shape index (κ3) is 3.16. The van der Waals surface area contributed by atoms with Crippen molar-refractivity contribution in [3.63, 3.8) is 0 Å². The molecule has 22 heavy (non-hydrogen) atoms. The number of nitrogens with zero attached hydrogens (tertiary/aromatic N) is 1. The summed E-state index contributed by atoms with van der Waals surface area (Å²) < 4.78 is 13.0. The molecule has 2 rings (SSSR count). The maximum absolute atomic E-state index is 12.1. The van der Waals surface area contributed by atoms with Gasteiger partial charge in [0.1, 0.15) is 12.2 Å². The Kier molecular flexibility index (Phi) is 5.20. The Morgan fingerprint density at radius 2 is 2.14 bits per heavy atom. The summed E-state index contributed by atoms with van der Waals surface area (Å²) in [5, 5.41) is 10.4. The molecular formula is C15H24N2O5. The highest BCUT2D eigenvalue weighted by atomic mass is 16.6. The van der Waals surface area contributed by atoms with Crippen molar-refractivity contribution in [3.8, 4) is 0 Å². The molecule has 1 aromatic rings. The summed E-state index contributed by atoms with van der Waals surface area (Å²) in [6.07, 6.45) is 0.146. The third-order valence-electron chi connectivity index (χ3n) is 4.10. The zero-order valence-corrected chi connectivity index (χ0v) is 13.4. The Morgan fingerprint density at radius 1 is 1.45 bits per heavy atom. The van der Waals surface area contributed by atoms with E-state index in [0.717, 1.165) is 6.42 Å². The summed E-state index contributed by atoms with van der Waals surface area (Å²) in [4.78, 5) is 25.8. The molecular weight excluding hydrogens is 288 g/mol. The van der Waals surface area contributed by atoms with Gasteiger partial charge in [0.05, 0.1) is 12.2 Å². The fourth-order valence-electron chi connectivity index (χ4n) is 2.57. The summed E-state index contributed by atoms with van der Waals surface area (Å²) in [6, 6.07) is 0. The number of hydrogen-bond donors (Lipinski definition) is 2. The number of ether oxygens (including phenoxy) is 2. The Balaban J connectivity index is 2.40. The van der Waals surface area contributed by atoms with Gasteiger partial charge in [-0.3, -0.25) is 14.3 Å². The van der Waals surface area contributed by atoms with Gasteiger partial charge in [-0.05, 0) is 26.7 Å². The van der Waals surface area contributed by atoms with Crippen molar-refractivity contribution < 1.29 is 14.6 Å². The first-order chi connectivity index (χ1) is 10.4. The van der Waals surface area contributed by atoms with Crippen LogP contribution in [0.15, 0.2) is 15.8 Å². The quantitative estimate of drug-likeness (QED) is 0.834. The molecule has 2 heterocycles. The van der Waals surface area contributed by atoms with Crippen LogP contribution in [0.25, 0.3) is 0 Å². The number of hydrogen-bond acceptors (Lipinski definition) is 5. The van der Waals surface area contributed by atoms with Gasteiger partial charge < -0.3 is 14.6 Å². The highest BCUT2D eigenvalue weighted by Crippen LogP contribution is 2.33. The van der Waals surface area contributed by atoms with Gasteiger partial charge in [0.25, 0.3) is 5.56 Å². The van der Waals surface area contributed by atoms with Gasteiger partial charge in [-0.25, -0.2) is 4.79 Å². The number of rotatable bonds is 5. The minimum absolute atomic E-state index is 0.0686. The molecule has 0 amide bonds. The second kappa shape index (κ2) is 6.76. The molecule has 1 aromatic heterocycles. The molecule has 5 atom stereocenters. The van der Waals surface area contributed by atoms with Crippen LogP contribution in [0.2, 0.25) is 0 Å². The van der Waals surface area contributed by atoms with E-state index in [2.05, 4.69) is 4.98 Å². The van der Waals surface area contributed by atoms with Crippen LogP contribution < -0.4 is 11.2 Å². The Bertz CT molecular complexity index is 623. The summed E-state index contributed by atoms with van der Waals surface area (Å²) in [5.74, 6) is 0. The smallest absolute Gasteiger partial charge is 0.330 e. The van der Waals surface area contributed by atoms with Crippen molar-refractivity contribution in [1.29, 1.82) is 0 Å². The summed E-state index contributed by atoms with van der Waals surface area (Å²) in [6.45, 7) is 7.40. The standard InChI is InChI=1S/C15H24N2O5/c1-5-9(4)21-12-11(18)10(6-2)22-14(12)17-7-8(3)13(19)16-15(17)20/h7,9-12,14,18H,5-6H2,1-4H3,(H,16,19,20)/t9-,10+,11?,12-,14+/m0/s1. The van der Waals surface area contributed by atoms with E-state index in [1.165, 1.54) is 10.8 Å². The predicted molar refractivity (Wildman–Crippen MR) is 80.9 cm³/mol. The molecule has 0 bridgehead atoms. The predicted octanol–water partition coefficient (Wildman–Crippen LogP) is 0.697. The summed E-state index contributed by atoms with van der Waals surface area (Å²) >= 11 is 0. The van der Waals surface area contributed by atoms with Gasteiger partial charge in [0.2, 0.25) is 0 Å². The maximum Gasteiger partial charge on any atom is 0.330 e. The molecule has 1 unspecified atom stereocenters. The second-order valence-corrected chi connectivity index (χ2v) is 5.76. The van der Waals surface area contributed by atoms with Gasteiger partial charge in [0, 0.05) is 11.8 Å². The molecule has 0 aliphatic carbocycles. The molecule has 0 radical (unpaired) electrons. The van der Waals surface area contributed by atoms with Crippen LogP contribution in [-0.2, 0) is 9.47 Å². The Labute approximate surface area is 128 Å². The fourth-order valence-corrected chi connectivity index (χ4v) is 2.57. The van der Waals surface area contributed by atoms with Gasteiger partial charge in [0.15, 0.2) is 6.23 Å². The van der Waals surface area contributed by atoms with Crippen LogP contribution in [0.3, 0.4) is 0 Å². The van der Waals surface area contributed by atoms with Gasteiger partial charge in [-0.1, -0.05) is 13.8 Å². The van der Waals surface area contributed by atoms with Crippen molar-refractivity contribution in [2.24, 2.45) is 0 Å². The number of H-pyrrole nitrogens is 1. The molecule has 1 aliphatic rings. The molecule has 0 spiro atoms. The molecule has 1 saturated heterocycles. The summed E-state index contributed by atoms with van der Waals surface area (Å²) in [7, 11) is 0. The Hall–Kier alpha value is -1.44. The fraction of sp³-hybridized carbons (Fsp3) is 0.733. The number of aromatic amines is 1. The topological polar surface area (TPSA) is 93.5 Å². The van der Waals surface area contributed by atoms with Crippen molar-refractivity contribution >= 4 is 0 Å². The average molecular weight is 312 g/mol. The van der Waals surface area contributed by atoms with Gasteiger partial charge in [-0.15, -0.1) is 0 Å². The number of aromatic nitrogens is 2. The highest BCUT2D eigenvalue weighted by Gasteiger charge is 2.45. The molecule has 124 valence electrons.